The first kappa shape index (κ1) is 20.5. The highest BCUT2D eigenvalue weighted by Crippen LogP contribution is 2.35. The number of ether oxygens (including phenoxy) is 1. The van der Waals surface area contributed by atoms with E-state index in [4.69, 9.17) is 4.74 Å². The fourth-order valence-corrected chi connectivity index (χ4v) is 4.69. The highest BCUT2D eigenvalue weighted by atomic mass is 79.9. The molecule has 0 N–H and O–H groups in total. The molecule has 2 aromatic carbocycles. The number of esters is 1. The molecule has 0 unspecified atom stereocenters. The first-order chi connectivity index (χ1) is 14.5. The summed E-state index contributed by atoms with van der Waals surface area (Å²) >= 11 is 4.98. The van der Waals surface area contributed by atoms with Gasteiger partial charge in [0.05, 0.1) is 30.4 Å². The second-order valence-electron chi connectivity index (χ2n) is 6.82. The molecule has 2 heterocycles. The molecule has 2 aromatic heterocycles. The Kier molecular flexibility index (Phi) is 5.83. The average molecular weight is 483 g/mol. The molecule has 152 valence electrons. The minimum absolute atomic E-state index is 0.0937. The molecule has 4 aromatic rings. The molecule has 0 fully saturated rings. The number of fused-ring (bicyclic) bond motifs is 1. The van der Waals surface area contributed by atoms with E-state index in [0.717, 1.165) is 30.9 Å². The molecule has 0 saturated carbocycles. The summed E-state index contributed by atoms with van der Waals surface area (Å²) in [6.07, 6.45) is 1.57. The Morgan fingerprint density at radius 2 is 1.97 bits per heavy atom. The topological polar surface area (TPSA) is 61.2 Å². The molecular formula is C23H19BrN2O3S. The van der Waals surface area contributed by atoms with Crippen molar-refractivity contribution in [2.75, 3.05) is 6.61 Å². The van der Waals surface area contributed by atoms with Gasteiger partial charge < -0.3 is 4.74 Å². The Bertz CT molecular complexity index is 1290. The molecule has 30 heavy (non-hydrogen) atoms. The van der Waals surface area contributed by atoms with E-state index in [1.807, 2.05) is 37.3 Å². The molecule has 0 atom stereocenters. The number of rotatable bonds is 5. The molecule has 0 radical (unpaired) electrons. The first-order valence-electron chi connectivity index (χ1n) is 9.48. The zero-order chi connectivity index (χ0) is 21.3. The average Bonchev–Trinajstić information content (AvgIpc) is 3.08. The molecule has 0 bridgehead atoms. The largest absolute Gasteiger partial charge is 0.462 e. The summed E-state index contributed by atoms with van der Waals surface area (Å²) in [5.41, 5.74) is 3.13. The molecule has 0 saturated heterocycles. The van der Waals surface area contributed by atoms with E-state index in [0.29, 0.717) is 24.1 Å². The summed E-state index contributed by atoms with van der Waals surface area (Å²) in [6.45, 7) is 4.42. The second-order valence-corrected chi connectivity index (χ2v) is 8.94. The molecule has 0 amide bonds. The van der Waals surface area contributed by atoms with Crippen molar-refractivity contribution in [3.63, 3.8) is 0 Å². The van der Waals surface area contributed by atoms with Crippen LogP contribution in [-0.4, -0.2) is 22.1 Å². The number of hydrogen-bond acceptors (Lipinski definition) is 5. The maximum absolute atomic E-state index is 13.4. The van der Waals surface area contributed by atoms with E-state index >= 15 is 0 Å². The minimum Gasteiger partial charge on any atom is -0.462 e. The lowest BCUT2D eigenvalue weighted by atomic mass is 10.0. The zero-order valence-corrected chi connectivity index (χ0v) is 18.9. The predicted molar refractivity (Wildman–Crippen MR) is 123 cm³/mol. The Hall–Kier alpha value is -2.77. The van der Waals surface area contributed by atoms with Gasteiger partial charge in [-0.15, -0.1) is 11.3 Å². The van der Waals surface area contributed by atoms with Gasteiger partial charge >= 0.3 is 5.97 Å². The Balaban J connectivity index is 1.77. The van der Waals surface area contributed by atoms with E-state index in [-0.39, 0.29) is 11.5 Å². The third kappa shape index (κ3) is 3.95. The third-order valence-electron chi connectivity index (χ3n) is 4.78. The second kappa shape index (κ2) is 8.53. The number of halogens is 1. The Morgan fingerprint density at radius 1 is 1.20 bits per heavy atom. The van der Waals surface area contributed by atoms with Crippen molar-refractivity contribution in [2.45, 2.75) is 20.4 Å². The van der Waals surface area contributed by atoms with Gasteiger partial charge in [0.15, 0.2) is 0 Å². The normalized spacial score (nSPS) is 11.0. The van der Waals surface area contributed by atoms with Crippen LogP contribution in [0.25, 0.3) is 21.3 Å². The quantitative estimate of drug-likeness (QED) is 0.356. The van der Waals surface area contributed by atoms with Gasteiger partial charge in [0.1, 0.15) is 4.83 Å². The van der Waals surface area contributed by atoms with E-state index in [9.17, 15) is 9.59 Å². The lowest BCUT2D eigenvalue weighted by Crippen LogP contribution is -2.21. The molecule has 0 spiro atoms. The third-order valence-corrected chi connectivity index (χ3v) is 6.32. The number of thiophene rings is 1. The van der Waals surface area contributed by atoms with Crippen LogP contribution in [0, 0.1) is 6.92 Å². The molecular weight excluding hydrogens is 464 g/mol. The number of hydrogen-bond donors (Lipinski definition) is 0. The summed E-state index contributed by atoms with van der Waals surface area (Å²) < 4.78 is 7.64. The molecule has 0 aliphatic heterocycles. The standard InChI is InChI=1S/C23H19BrN2O3S/c1-3-29-23(28)17-6-4-5-15(11-17)12-26-13-25-21-20(22(26)27)19(14(2)30-21)16-7-9-18(24)10-8-16/h4-11,13H,3,12H2,1-2H3. The monoisotopic (exact) mass is 482 g/mol. The number of nitrogens with zero attached hydrogens (tertiary/aromatic N) is 2. The number of carbonyl (C=O) groups excluding carboxylic acids is 1. The van der Waals surface area contributed by atoms with E-state index in [2.05, 4.69) is 20.9 Å². The lowest BCUT2D eigenvalue weighted by Gasteiger charge is -2.08. The number of aromatic nitrogens is 2. The Morgan fingerprint density at radius 3 is 2.70 bits per heavy atom. The maximum Gasteiger partial charge on any atom is 0.338 e. The van der Waals surface area contributed by atoms with Crippen LogP contribution in [0.15, 0.2) is 64.1 Å². The zero-order valence-electron chi connectivity index (χ0n) is 16.5. The van der Waals surface area contributed by atoms with Gasteiger partial charge in [-0.3, -0.25) is 9.36 Å². The van der Waals surface area contributed by atoms with Gasteiger partial charge in [0, 0.05) is 14.9 Å². The maximum atomic E-state index is 13.4. The van der Waals surface area contributed by atoms with Crippen molar-refractivity contribution in [1.82, 2.24) is 9.55 Å². The van der Waals surface area contributed by atoms with Crippen molar-refractivity contribution >= 4 is 43.5 Å². The summed E-state index contributed by atoms with van der Waals surface area (Å²) in [5, 5.41) is 0.629. The van der Waals surface area contributed by atoms with Gasteiger partial charge in [0.25, 0.3) is 5.56 Å². The summed E-state index contributed by atoms with van der Waals surface area (Å²) in [7, 11) is 0. The number of aryl methyl sites for hydroxylation is 1. The number of carbonyl (C=O) groups is 1. The van der Waals surface area contributed by atoms with Crippen LogP contribution in [0.5, 0.6) is 0 Å². The van der Waals surface area contributed by atoms with E-state index in [1.165, 1.54) is 11.3 Å². The van der Waals surface area contributed by atoms with Crippen molar-refractivity contribution < 1.29 is 9.53 Å². The van der Waals surface area contributed by atoms with Gasteiger partial charge in [-0.2, -0.15) is 0 Å². The summed E-state index contributed by atoms with van der Waals surface area (Å²) in [4.78, 5) is 31.7. The molecule has 7 heteroatoms. The minimum atomic E-state index is -0.369. The molecule has 5 nitrogen and oxygen atoms in total. The summed E-state index contributed by atoms with van der Waals surface area (Å²) in [6, 6.07) is 15.1. The van der Waals surface area contributed by atoms with Gasteiger partial charge in [-0.25, -0.2) is 9.78 Å². The van der Waals surface area contributed by atoms with Crippen LogP contribution in [-0.2, 0) is 11.3 Å². The van der Waals surface area contributed by atoms with Gasteiger partial charge in [-0.05, 0) is 49.2 Å². The summed E-state index contributed by atoms with van der Waals surface area (Å²) in [5.74, 6) is -0.369. The van der Waals surface area contributed by atoms with Crippen LogP contribution < -0.4 is 5.56 Å². The number of benzene rings is 2. The van der Waals surface area contributed by atoms with Crippen LogP contribution in [0.1, 0.15) is 27.7 Å². The highest BCUT2D eigenvalue weighted by Gasteiger charge is 2.17. The van der Waals surface area contributed by atoms with Gasteiger partial charge in [0.2, 0.25) is 0 Å². The first-order valence-corrected chi connectivity index (χ1v) is 11.1. The van der Waals surface area contributed by atoms with Crippen LogP contribution in [0.2, 0.25) is 0 Å². The smallest absolute Gasteiger partial charge is 0.338 e. The van der Waals surface area contributed by atoms with Crippen molar-refractivity contribution in [1.29, 1.82) is 0 Å². The lowest BCUT2D eigenvalue weighted by molar-refractivity contribution is 0.0526. The van der Waals surface area contributed by atoms with E-state index < -0.39 is 0 Å². The van der Waals surface area contributed by atoms with Crippen molar-refractivity contribution in [3.8, 4) is 11.1 Å². The van der Waals surface area contributed by atoms with Crippen molar-refractivity contribution in [3.05, 3.63) is 85.7 Å². The SMILES string of the molecule is CCOC(=O)c1cccc(Cn2cnc3sc(C)c(-c4ccc(Br)cc4)c3c2=O)c1. The molecule has 4 rings (SSSR count). The molecule has 0 aliphatic rings. The van der Waals surface area contributed by atoms with Gasteiger partial charge in [-0.1, -0.05) is 40.2 Å². The Labute approximate surface area is 186 Å². The molecule has 0 aliphatic carbocycles. The predicted octanol–water partition coefficient (Wildman–Crippen LogP) is 5.42. The van der Waals surface area contributed by atoms with Crippen LogP contribution in [0.4, 0.5) is 0 Å². The van der Waals surface area contributed by atoms with Crippen molar-refractivity contribution in [2.24, 2.45) is 0 Å². The fourth-order valence-electron chi connectivity index (χ4n) is 3.42. The fraction of sp³-hybridized carbons (Fsp3) is 0.174. The van der Waals surface area contributed by atoms with E-state index in [1.54, 1.807) is 36.0 Å². The highest BCUT2D eigenvalue weighted by molar-refractivity contribution is 9.10. The van der Waals surface area contributed by atoms with Crippen LogP contribution in [0.3, 0.4) is 0 Å². The van der Waals surface area contributed by atoms with Crippen LogP contribution >= 0.6 is 27.3 Å².